The number of rotatable bonds is 1. The number of hydrogen-bond acceptors (Lipinski definition) is 1. The van der Waals surface area contributed by atoms with E-state index in [2.05, 4.69) is 91.7 Å². The van der Waals surface area contributed by atoms with E-state index in [0.717, 1.165) is 27.8 Å². The van der Waals surface area contributed by atoms with E-state index in [1.807, 2.05) is 12.1 Å². The van der Waals surface area contributed by atoms with E-state index < -0.39 is 0 Å². The first-order chi connectivity index (χ1) is 14.5. The molecule has 0 saturated heterocycles. The molecule has 3 heterocycles. The van der Waals surface area contributed by atoms with Crippen LogP contribution >= 0.6 is 0 Å². The third-order valence-corrected chi connectivity index (χ3v) is 6.45. The largest absolute Gasteiger partial charge is 0.452 e. The first-order valence-electron chi connectivity index (χ1n) is 10.4. The van der Waals surface area contributed by atoms with Crippen LogP contribution in [0.3, 0.4) is 0 Å². The predicted molar refractivity (Wildman–Crippen MR) is 123 cm³/mol. The van der Waals surface area contributed by atoms with Crippen LogP contribution < -0.4 is 4.57 Å². The number of furan rings is 1. The van der Waals surface area contributed by atoms with Crippen LogP contribution in [-0.2, 0) is 7.05 Å². The Morgan fingerprint density at radius 2 is 1.60 bits per heavy atom. The molecular formula is C27H23N2O+. The van der Waals surface area contributed by atoms with Gasteiger partial charge in [0, 0.05) is 27.6 Å². The maximum absolute atomic E-state index is 6.11. The molecule has 6 rings (SSSR count). The summed E-state index contributed by atoms with van der Waals surface area (Å²) >= 11 is 0. The summed E-state index contributed by atoms with van der Waals surface area (Å²) in [7, 11) is 2.10. The highest BCUT2D eigenvalue weighted by Crippen LogP contribution is 2.36. The third-order valence-electron chi connectivity index (χ3n) is 6.45. The minimum absolute atomic E-state index is 0.909. The lowest BCUT2D eigenvalue weighted by atomic mass is 10.0. The van der Waals surface area contributed by atoms with E-state index in [1.165, 1.54) is 38.5 Å². The van der Waals surface area contributed by atoms with Crippen molar-refractivity contribution in [3.63, 3.8) is 0 Å². The van der Waals surface area contributed by atoms with Crippen molar-refractivity contribution in [2.45, 2.75) is 20.8 Å². The summed E-state index contributed by atoms with van der Waals surface area (Å²) in [5, 5.41) is 4.89. The zero-order valence-corrected chi connectivity index (χ0v) is 17.7. The molecule has 0 radical (unpaired) electrons. The smallest absolute Gasteiger partial charge is 0.287 e. The van der Waals surface area contributed by atoms with Crippen molar-refractivity contribution >= 4 is 43.7 Å². The second-order valence-electron chi connectivity index (χ2n) is 8.38. The van der Waals surface area contributed by atoms with E-state index in [-0.39, 0.29) is 0 Å². The molecule has 0 unspecified atom stereocenters. The molecule has 0 saturated carbocycles. The van der Waals surface area contributed by atoms with Crippen molar-refractivity contribution in [1.29, 1.82) is 0 Å². The first kappa shape index (κ1) is 17.3. The number of pyridine rings is 1. The Bertz CT molecular complexity index is 1630. The van der Waals surface area contributed by atoms with Crippen LogP contribution in [0.25, 0.3) is 49.6 Å². The normalized spacial score (nSPS) is 12.0. The summed E-state index contributed by atoms with van der Waals surface area (Å²) in [5.74, 6) is 1.13. The van der Waals surface area contributed by atoms with Gasteiger partial charge in [0.15, 0.2) is 5.58 Å². The van der Waals surface area contributed by atoms with Crippen molar-refractivity contribution in [2.24, 2.45) is 7.05 Å². The third kappa shape index (κ3) is 2.23. The average Bonchev–Trinajstić information content (AvgIpc) is 3.25. The number of fused-ring (bicyclic) bond motifs is 6. The molecule has 0 aliphatic rings. The van der Waals surface area contributed by atoms with Gasteiger partial charge in [-0.25, -0.2) is 4.57 Å². The SMILES string of the molecule is Cc1ccc2c(c1)c1ccc(C)c(C)c1n2-c1cc2c(c[n+]1C)oc1ccccc12. The van der Waals surface area contributed by atoms with Crippen LogP contribution in [0.5, 0.6) is 0 Å². The summed E-state index contributed by atoms with van der Waals surface area (Å²) in [6.07, 6.45) is 2.10. The summed E-state index contributed by atoms with van der Waals surface area (Å²) in [4.78, 5) is 0. The fourth-order valence-corrected chi connectivity index (χ4v) is 4.75. The topological polar surface area (TPSA) is 21.9 Å². The maximum atomic E-state index is 6.11. The molecular weight excluding hydrogens is 368 g/mol. The highest BCUT2D eigenvalue weighted by atomic mass is 16.3. The molecule has 0 bridgehead atoms. The second-order valence-corrected chi connectivity index (χ2v) is 8.38. The number of benzene rings is 3. The van der Waals surface area contributed by atoms with Gasteiger partial charge in [0.1, 0.15) is 22.8 Å². The van der Waals surface area contributed by atoms with Gasteiger partial charge in [-0.15, -0.1) is 0 Å². The average molecular weight is 391 g/mol. The number of hydrogen-bond donors (Lipinski definition) is 0. The molecule has 6 aromatic rings. The number of aromatic nitrogens is 2. The first-order valence-corrected chi connectivity index (χ1v) is 10.4. The van der Waals surface area contributed by atoms with Crippen LogP contribution in [0.1, 0.15) is 16.7 Å². The van der Waals surface area contributed by atoms with Crippen LogP contribution in [0.4, 0.5) is 0 Å². The lowest BCUT2D eigenvalue weighted by Gasteiger charge is -2.07. The van der Waals surface area contributed by atoms with Gasteiger partial charge >= 0.3 is 0 Å². The van der Waals surface area contributed by atoms with Crippen LogP contribution in [0, 0.1) is 20.8 Å². The van der Waals surface area contributed by atoms with Crippen molar-refractivity contribution < 1.29 is 8.98 Å². The fourth-order valence-electron chi connectivity index (χ4n) is 4.75. The second kappa shape index (κ2) is 5.96. The fraction of sp³-hybridized carbons (Fsp3) is 0.148. The molecule has 3 nitrogen and oxygen atoms in total. The van der Waals surface area contributed by atoms with Crippen LogP contribution in [0.2, 0.25) is 0 Å². The molecule has 3 heteroatoms. The van der Waals surface area contributed by atoms with Gasteiger partial charge in [-0.2, -0.15) is 4.57 Å². The van der Waals surface area contributed by atoms with Crippen LogP contribution in [0.15, 0.2) is 71.3 Å². The van der Waals surface area contributed by atoms with E-state index in [1.54, 1.807) is 0 Å². The van der Waals surface area contributed by atoms with Crippen molar-refractivity contribution in [3.8, 4) is 5.82 Å². The maximum Gasteiger partial charge on any atom is 0.287 e. The lowest BCUT2D eigenvalue weighted by molar-refractivity contribution is -0.664. The number of aryl methyl sites for hydroxylation is 4. The summed E-state index contributed by atoms with van der Waals surface area (Å²) < 4.78 is 10.7. The molecule has 0 fully saturated rings. The molecule has 0 spiro atoms. The van der Waals surface area contributed by atoms with E-state index >= 15 is 0 Å². The predicted octanol–water partition coefficient (Wildman–Crippen LogP) is 6.43. The summed E-state index contributed by atoms with van der Waals surface area (Å²) in [6, 6.07) is 21.8. The van der Waals surface area contributed by atoms with Gasteiger partial charge in [0.25, 0.3) is 5.82 Å². The molecule has 0 aliphatic heterocycles. The Morgan fingerprint density at radius 3 is 2.47 bits per heavy atom. The minimum atomic E-state index is 0.909. The van der Waals surface area contributed by atoms with Gasteiger partial charge in [-0.3, -0.25) is 0 Å². The zero-order valence-electron chi connectivity index (χ0n) is 17.7. The van der Waals surface area contributed by atoms with E-state index in [9.17, 15) is 0 Å². The van der Waals surface area contributed by atoms with Crippen molar-refractivity contribution in [2.75, 3.05) is 0 Å². The van der Waals surface area contributed by atoms with Gasteiger partial charge in [-0.05, 0) is 56.2 Å². The number of para-hydroxylation sites is 1. The van der Waals surface area contributed by atoms with Gasteiger partial charge in [0.05, 0.1) is 7.05 Å². The summed E-state index contributed by atoms with van der Waals surface area (Å²) in [6.45, 7) is 6.58. The molecule has 30 heavy (non-hydrogen) atoms. The Labute approximate surface area is 174 Å². The highest BCUT2D eigenvalue weighted by Gasteiger charge is 2.24. The molecule has 3 aromatic heterocycles. The Balaban J connectivity index is 1.82. The Hall–Kier alpha value is -3.59. The number of nitrogens with zero attached hydrogens (tertiary/aromatic N) is 2. The van der Waals surface area contributed by atoms with Gasteiger partial charge in [0.2, 0.25) is 0 Å². The van der Waals surface area contributed by atoms with Gasteiger partial charge < -0.3 is 4.42 Å². The Morgan fingerprint density at radius 1 is 0.767 bits per heavy atom. The van der Waals surface area contributed by atoms with E-state index in [0.29, 0.717) is 0 Å². The lowest BCUT2D eigenvalue weighted by Crippen LogP contribution is -2.33. The molecule has 0 N–H and O–H groups in total. The molecule has 146 valence electrons. The zero-order chi connectivity index (χ0) is 20.6. The summed E-state index contributed by atoms with van der Waals surface area (Å²) in [5.41, 5.74) is 8.24. The highest BCUT2D eigenvalue weighted by molar-refractivity contribution is 6.11. The van der Waals surface area contributed by atoms with Crippen LogP contribution in [-0.4, -0.2) is 4.57 Å². The monoisotopic (exact) mass is 391 g/mol. The quantitative estimate of drug-likeness (QED) is 0.296. The molecule has 0 amide bonds. The Kier molecular flexibility index (Phi) is 3.43. The van der Waals surface area contributed by atoms with Gasteiger partial charge in [-0.1, -0.05) is 35.9 Å². The van der Waals surface area contributed by atoms with Crippen molar-refractivity contribution in [3.05, 3.63) is 83.6 Å². The molecule has 3 aromatic carbocycles. The van der Waals surface area contributed by atoms with Crippen molar-refractivity contribution in [1.82, 2.24) is 4.57 Å². The van der Waals surface area contributed by atoms with E-state index in [4.69, 9.17) is 4.42 Å². The molecule has 0 atom stereocenters. The molecule has 0 aliphatic carbocycles. The minimum Gasteiger partial charge on any atom is -0.452 e. The standard InChI is InChI=1S/C27H23N2O/c1-16-9-12-23-21(13-16)20-11-10-17(2)18(3)27(20)29(23)26-14-22-19-7-5-6-8-24(19)30-25(22)15-28(26)4/h5-15H,1-4H3/q+1.